The van der Waals surface area contributed by atoms with E-state index in [4.69, 9.17) is 4.74 Å². The number of β-amino-alcohol motifs (C(OH)–C–C–N with tert-alkyl or cyclic N) is 1. The number of hydrogen-bond acceptors (Lipinski definition) is 4. The van der Waals surface area contributed by atoms with Crippen LogP contribution >= 0.6 is 0 Å². The van der Waals surface area contributed by atoms with E-state index in [2.05, 4.69) is 0 Å². The summed E-state index contributed by atoms with van der Waals surface area (Å²) in [6.45, 7) is 2.19. The number of aliphatic hydroxyl groups excluding tert-OH is 1. The monoisotopic (exact) mass is 238 g/mol. The Bertz CT molecular complexity index is 466. The molecular formula is C11H14N2O4. The molecule has 0 fully saturated rings. The van der Waals surface area contributed by atoms with Crippen LogP contribution in [0.2, 0.25) is 0 Å². The van der Waals surface area contributed by atoms with E-state index in [9.17, 15) is 14.7 Å². The Balaban J connectivity index is 2.37. The molecule has 0 saturated carbocycles. The Labute approximate surface area is 98.4 Å². The van der Waals surface area contributed by atoms with Crippen LogP contribution in [0.5, 0.6) is 0 Å². The minimum Gasteiger partial charge on any atom is -0.462 e. The molecule has 6 nitrogen and oxygen atoms in total. The van der Waals surface area contributed by atoms with Crippen molar-refractivity contribution < 1.29 is 19.4 Å². The molecule has 1 N–H and O–H groups in total. The van der Waals surface area contributed by atoms with Gasteiger partial charge in [-0.3, -0.25) is 4.79 Å². The normalized spacial score (nSPS) is 19.1. The Morgan fingerprint density at radius 1 is 1.65 bits per heavy atom. The summed E-state index contributed by atoms with van der Waals surface area (Å²) < 4.78 is 6.24. The number of aromatic nitrogens is 1. The predicted molar refractivity (Wildman–Crippen MR) is 58.6 cm³/mol. The van der Waals surface area contributed by atoms with Crippen LogP contribution in [-0.4, -0.2) is 46.6 Å². The van der Waals surface area contributed by atoms with Crippen LogP contribution in [0.1, 0.15) is 34.0 Å². The first-order valence-electron chi connectivity index (χ1n) is 5.37. The number of rotatable bonds is 2. The van der Waals surface area contributed by atoms with Crippen molar-refractivity contribution >= 4 is 11.9 Å². The first-order valence-corrected chi connectivity index (χ1v) is 5.37. The third-order valence-electron chi connectivity index (χ3n) is 2.68. The summed E-state index contributed by atoms with van der Waals surface area (Å²) in [6.07, 6.45) is 0.624. The number of nitrogens with zero attached hydrogens (tertiary/aromatic N) is 2. The van der Waals surface area contributed by atoms with E-state index in [-0.39, 0.29) is 24.6 Å². The maximum atomic E-state index is 11.8. The second kappa shape index (κ2) is 4.21. The summed E-state index contributed by atoms with van der Waals surface area (Å²) in [5.74, 6) is -0.706. The maximum absolute atomic E-state index is 11.8. The van der Waals surface area contributed by atoms with E-state index in [0.29, 0.717) is 5.69 Å². The molecule has 17 heavy (non-hydrogen) atoms. The number of carbonyl (C=O) groups excluding carboxylic acids is 2. The number of likely N-dealkylation sites (N-methyl/N-ethyl adjacent to an activating group) is 1. The van der Waals surface area contributed by atoms with Crippen molar-refractivity contribution in [1.29, 1.82) is 0 Å². The van der Waals surface area contributed by atoms with E-state index in [1.165, 1.54) is 21.7 Å². The van der Waals surface area contributed by atoms with Gasteiger partial charge in [0.2, 0.25) is 0 Å². The molecule has 1 aliphatic heterocycles. The Morgan fingerprint density at radius 3 is 3.00 bits per heavy atom. The largest absolute Gasteiger partial charge is 0.462 e. The predicted octanol–water partition coefficient (Wildman–Crippen LogP) is 0.241. The molecule has 2 heterocycles. The third-order valence-corrected chi connectivity index (χ3v) is 2.68. The molecule has 0 aliphatic carbocycles. The Kier molecular flexibility index (Phi) is 2.89. The summed E-state index contributed by atoms with van der Waals surface area (Å²) in [4.78, 5) is 24.7. The molecule has 1 unspecified atom stereocenters. The number of carbonyl (C=O) groups is 2. The van der Waals surface area contributed by atoms with Crippen molar-refractivity contribution in [3.63, 3.8) is 0 Å². The van der Waals surface area contributed by atoms with Gasteiger partial charge in [0.1, 0.15) is 11.9 Å². The first kappa shape index (κ1) is 11.7. The van der Waals surface area contributed by atoms with E-state index < -0.39 is 12.2 Å². The lowest BCUT2D eigenvalue weighted by Gasteiger charge is -2.28. The fourth-order valence-electron chi connectivity index (χ4n) is 1.83. The molecule has 1 aromatic heterocycles. The lowest BCUT2D eigenvalue weighted by Crippen LogP contribution is -2.39. The van der Waals surface area contributed by atoms with Gasteiger partial charge in [0.05, 0.1) is 18.7 Å². The van der Waals surface area contributed by atoms with Crippen LogP contribution in [0.3, 0.4) is 0 Å². The van der Waals surface area contributed by atoms with Crippen molar-refractivity contribution in [2.45, 2.75) is 13.2 Å². The Morgan fingerprint density at radius 2 is 2.35 bits per heavy atom. The van der Waals surface area contributed by atoms with E-state index in [0.717, 1.165) is 0 Å². The zero-order valence-electron chi connectivity index (χ0n) is 9.71. The highest BCUT2D eigenvalue weighted by molar-refractivity contribution is 5.97. The second-order valence-corrected chi connectivity index (χ2v) is 3.91. The summed E-state index contributed by atoms with van der Waals surface area (Å²) in [5, 5.41) is 9.79. The molecule has 0 saturated heterocycles. The molecule has 1 atom stereocenters. The number of hydrogen-bond donors (Lipinski definition) is 1. The topological polar surface area (TPSA) is 71.8 Å². The van der Waals surface area contributed by atoms with Gasteiger partial charge in [-0.2, -0.15) is 0 Å². The quantitative estimate of drug-likeness (QED) is 0.749. The van der Waals surface area contributed by atoms with E-state index in [1.54, 1.807) is 14.0 Å². The van der Waals surface area contributed by atoms with Gasteiger partial charge in [-0.05, 0) is 13.0 Å². The van der Waals surface area contributed by atoms with Gasteiger partial charge in [-0.25, -0.2) is 4.79 Å². The summed E-state index contributed by atoms with van der Waals surface area (Å²) in [7, 11) is 1.60. The van der Waals surface area contributed by atoms with Crippen LogP contribution in [-0.2, 0) is 4.74 Å². The van der Waals surface area contributed by atoms with Crippen LogP contribution in [0.15, 0.2) is 12.3 Å². The molecule has 0 aromatic carbocycles. The van der Waals surface area contributed by atoms with Crippen molar-refractivity contribution in [2.24, 2.45) is 0 Å². The highest BCUT2D eigenvalue weighted by Gasteiger charge is 2.29. The van der Waals surface area contributed by atoms with Crippen molar-refractivity contribution in [3.05, 3.63) is 23.5 Å². The van der Waals surface area contributed by atoms with Crippen LogP contribution in [0, 0.1) is 0 Å². The molecule has 0 spiro atoms. The number of fused-ring (bicyclic) bond motifs is 1. The van der Waals surface area contributed by atoms with E-state index in [1.807, 2.05) is 0 Å². The zero-order chi connectivity index (χ0) is 12.6. The lowest BCUT2D eigenvalue weighted by molar-refractivity contribution is 0.0329. The van der Waals surface area contributed by atoms with Crippen molar-refractivity contribution in [1.82, 2.24) is 9.47 Å². The average Bonchev–Trinajstić information content (AvgIpc) is 2.72. The van der Waals surface area contributed by atoms with Gasteiger partial charge in [0.15, 0.2) is 0 Å². The van der Waals surface area contributed by atoms with Crippen molar-refractivity contribution in [2.75, 3.05) is 20.2 Å². The van der Waals surface area contributed by atoms with Gasteiger partial charge in [0.25, 0.3) is 5.91 Å². The van der Waals surface area contributed by atoms with Gasteiger partial charge >= 0.3 is 5.97 Å². The molecule has 1 aromatic rings. The molecule has 2 rings (SSSR count). The standard InChI is InChI=1S/C11H14N2O4/c1-3-17-11(16)7-4-8-10(15)12(2)6-9(14)13(8)5-7/h4-5,9,14H,3,6H2,1-2H3. The zero-order valence-corrected chi connectivity index (χ0v) is 9.71. The average molecular weight is 238 g/mol. The number of amides is 1. The van der Waals surface area contributed by atoms with Gasteiger partial charge < -0.3 is 19.3 Å². The van der Waals surface area contributed by atoms with Crippen LogP contribution < -0.4 is 0 Å². The fourth-order valence-corrected chi connectivity index (χ4v) is 1.83. The smallest absolute Gasteiger partial charge is 0.339 e. The second-order valence-electron chi connectivity index (χ2n) is 3.91. The molecular weight excluding hydrogens is 224 g/mol. The van der Waals surface area contributed by atoms with Crippen LogP contribution in [0.25, 0.3) is 0 Å². The first-order chi connectivity index (χ1) is 8.04. The summed E-state index contributed by atoms with van der Waals surface area (Å²) >= 11 is 0. The lowest BCUT2D eigenvalue weighted by atomic mass is 10.2. The van der Waals surface area contributed by atoms with E-state index >= 15 is 0 Å². The number of ether oxygens (including phenoxy) is 1. The molecule has 0 radical (unpaired) electrons. The summed E-state index contributed by atoms with van der Waals surface area (Å²) in [5.41, 5.74) is 0.582. The molecule has 1 aliphatic rings. The van der Waals surface area contributed by atoms with Crippen LogP contribution in [0.4, 0.5) is 0 Å². The van der Waals surface area contributed by atoms with Crippen molar-refractivity contribution in [3.8, 4) is 0 Å². The maximum Gasteiger partial charge on any atom is 0.339 e. The number of aliphatic hydroxyl groups is 1. The SMILES string of the molecule is CCOC(=O)c1cc2n(c1)C(O)CN(C)C2=O. The third kappa shape index (κ3) is 1.91. The molecule has 1 amide bonds. The fraction of sp³-hybridized carbons (Fsp3) is 0.455. The molecule has 6 heteroatoms. The minimum atomic E-state index is -0.823. The highest BCUT2D eigenvalue weighted by Crippen LogP contribution is 2.21. The van der Waals surface area contributed by atoms with Gasteiger partial charge in [-0.15, -0.1) is 0 Å². The molecule has 0 bridgehead atoms. The highest BCUT2D eigenvalue weighted by atomic mass is 16.5. The van der Waals surface area contributed by atoms with Gasteiger partial charge in [0, 0.05) is 13.2 Å². The Hall–Kier alpha value is -1.82. The summed E-state index contributed by atoms with van der Waals surface area (Å²) in [6, 6.07) is 1.44. The minimum absolute atomic E-state index is 0.211. The molecule has 92 valence electrons. The van der Waals surface area contributed by atoms with Gasteiger partial charge in [-0.1, -0.05) is 0 Å². The number of esters is 1.